The molecule has 0 bridgehead atoms. The molecule has 0 unspecified atom stereocenters. The summed E-state index contributed by atoms with van der Waals surface area (Å²) in [6, 6.07) is 17.9. The maximum Gasteiger partial charge on any atom is 0.442 e. The van der Waals surface area contributed by atoms with Crippen LogP contribution >= 0.6 is 23.1 Å². The zero-order valence-corrected chi connectivity index (χ0v) is 21.5. The lowest BCUT2D eigenvalue weighted by atomic mass is 10.1. The van der Waals surface area contributed by atoms with Crippen LogP contribution in [0.5, 0.6) is 0 Å². The van der Waals surface area contributed by atoms with Crippen molar-refractivity contribution in [3.05, 3.63) is 87.1 Å². The van der Waals surface area contributed by atoms with E-state index in [9.17, 15) is 19.2 Å². The highest BCUT2D eigenvalue weighted by molar-refractivity contribution is 7.99. The number of rotatable bonds is 9. The number of ether oxygens (including phenoxy) is 1. The van der Waals surface area contributed by atoms with Crippen LogP contribution in [-0.4, -0.2) is 35.4 Å². The van der Waals surface area contributed by atoms with Gasteiger partial charge in [-0.3, -0.25) is 14.1 Å². The molecule has 0 atom stereocenters. The van der Waals surface area contributed by atoms with Crippen LogP contribution in [0.15, 0.2) is 75.0 Å². The number of hydrogen-bond donors (Lipinski definition) is 3. The zero-order valence-electron chi connectivity index (χ0n) is 19.9. The minimum Gasteiger partial charge on any atom is -0.462 e. The third-order valence-corrected chi connectivity index (χ3v) is 7.31. The average molecular weight is 540 g/mol. The molecule has 12 heteroatoms. The van der Waals surface area contributed by atoms with E-state index in [4.69, 9.17) is 9.26 Å². The summed E-state index contributed by atoms with van der Waals surface area (Å²) in [4.78, 5) is 50.9. The van der Waals surface area contributed by atoms with Gasteiger partial charge in [0.15, 0.2) is 0 Å². The Hall–Kier alpha value is -4.16. The lowest BCUT2D eigenvalue weighted by molar-refractivity contribution is -0.704. The molecule has 2 aromatic carbocycles. The Labute approximate surface area is 219 Å². The summed E-state index contributed by atoms with van der Waals surface area (Å²) in [5, 5.41) is 8.37. The van der Waals surface area contributed by atoms with Crippen molar-refractivity contribution >= 4 is 51.6 Å². The maximum atomic E-state index is 12.9. The Kier molecular flexibility index (Phi) is 8.21. The molecule has 0 aliphatic carbocycles. The average Bonchev–Trinajstić information content (AvgIpc) is 3.43. The first-order valence-electron chi connectivity index (χ1n) is 11.2. The molecule has 10 nitrogen and oxygen atoms in total. The molecule has 0 fully saturated rings. The smallest absolute Gasteiger partial charge is 0.442 e. The van der Waals surface area contributed by atoms with E-state index in [1.807, 2.05) is 12.1 Å². The second kappa shape index (κ2) is 11.7. The number of thioether (sulfide) groups is 1. The summed E-state index contributed by atoms with van der Waals surface area (Å²) >= 11 is 1.95. The van der Waals surface area contributed by atoms with Crippen LogP contribution < -0.4 is 20.9 Å². The largest absolute Gasteiger partial charge is 0.462 e. The monoisotopic (exact) mass is 539 g/mol. The van der Waals surface area contributed by atoms with Crippen LogP contribution in [-0.2, 0) is 9.53 Å². The number of carbonyl (C=O) groups excluding carboxylic acids is 3. The lowest BCUT2D eigenvalue weighted by Gasteiger charge is -2.06. The van der Waals surface area contributed by atoms with E-state index in [0.29, 0.717) is 16.9 Å². The molecule has 37 heavy (non-hydrogen) atoms. The van der Waals surface area contributed by atoms with Gasteiger partial charge in [0, 0.05) is 17.8 Å². The van der Waals surface area contributed by atoms with Gasteiger partial charge < -0.3 is 15.4 Å². The minimum absolute atomic E-state index is 0.115. The van der Waals surface area contributed by atoms with E-state index in [2.05, 4.69) is 15.9 Å². The van der Waals surface area contributed by atoms with Gasteiger partial charge in [0.2, 0.25) is 11.6 Å². The minimum atomic E-state index is -0.647. The highest BCUT2D eigenvalue weighted by Gasteiger charge is 2.28. The van der Waals surface area contributed by atoms with Crippen molar-refractivity contribution in [3.63, 3.8) is 0 Å². The Balaban J connectivity index is 1.54. The van der Waals surface area contributed by atoms with E-state index in [1.54, 1.807) is 62.4 Å². The second-order valence-electron chi connectivity index (χ2n) is 7.59. The summed E-state index contributed by atoms with van der Waals surface area (Å²) in [7, 11) is 0. The number of aromatic nitrogens is 2. The van der Waals surface area contributed by atoms with Crippen LogP contribution in [0.25, 0.3) is 5.69 Å². The number of aromatic amines is 1. The Morgan fingerprint density at radius 3 is 2.41 bits per heavy atom. The summed E-state index contributed by atoms with van der Waals surface area (Å²) < 4.78 is 11.5. The number of amides is 2. The van der Waals surface area contributed by atoms with Crippen LogP contribution in [0.1, 0.15) is 32.5 Å². The SMILES string of the molecule is CCOC(=O)c1c(NC(=O)CSc2c(=O)o[nH][n+]2-c2ccccc2)sc(C(=O)Nc2ccccc2)c1C. The Morgan fingerprint density at radius 1 is 1.05 bits per heavy atom. The van der Waals surface area contributed by atoms with E-state index in [1.165, 1.54) is 4.68 Å². The van der Waals surface area contributed by atoms with Crippen LogP contribution in [0, 0.1) is 6.92 Å². The van der Waals surface area contributed by atoms with E-state index in [-0.39, 0.29) is 32.8 Å². The number of benzene rings is 2. The van der Waals surface area contributed by atoms with Gasteiger partial charge in [0.1, 0.15) is 5.00 Å². The number of H-pyrrole nitrogens is 1. The Bertz CT molecular complexity index is 1480. The number of esters is 1. The van der Waals surface area contributed by atoms with Crippen LogP contribution in [0.3, 0.4) is 0 Å². The quantitative estimate of drug-likeness (QED) is 0.167. The molecule has 190 valence electrons. The number of anilines is 2. The molecule has 0 saturated carbocycles. The van der Waals surface area contributed by atoms with Gasteiger partial charge in [0.05, 0.1) is 22.8 Å². The fourth-order valence-electron chi connectivity index (χ4n) is 3.41. The topological polar surface area (TPSA) is 134 Å². The fourth-order valence-corrected chi connectivity index (χ4v) is 5.28. The number of nitrogens with zero attached hydrogens (tertiary/aromatic N) is 1. The molecule has 2 heterocycles. The molecule has 4 aromatic rings. The fraction of sp³-hybridized carbons (Fsp3) is 0.160. The highest BCUT2D eigenvalue weighted by Crippen LogP contribution is 2.34. The van der Waals surface area contributed by atoms with Gasteiger partial charge in [-0.2, -0.15) is 0 Å². The maximum absolute atomic E-state index is 12.9. The van der Waals surface area contributed by atoms with Gasteiger partial charge in [-0.15, -0.1) is 11.3 Å². The third-order valence-electron chi connectivity index (χ3n) is 5.08. The molecule has 0 saturated heterocycles. The molecular formula is C25H23N4O6S2+. The van der Waals surface area contributed by atoms with Crippen molar-refractivity contribution < 1.29 is 28.3 Å². The van der Waals surface area contributed by atoms with Gasteiger partial charge in [-0.25, -0.2) is 9.59 Å². The number of hydrogen-bond acceptors (Lipinski definition) is 8. The number of nitrogens with one attached hydrogen (secondary N) is 3. The summed E-state index contributed by atoms with van der Waals surface area (Å²) in [6.45, 7) is 3.43. The standard InChI is InChI=1S/C25H22N4O6S2/c1-3-34-24(32)19-15(2)20(21(31)26-16-10-6-4-7-11-16)37-22(19)27-18(30)14-36-23-25(33)35-28-29(23)17-12-8-5-9-13-17/h4-13H,3,14H2,1-2H3,(H2-,26,27,28,30,31,32,33)/p+1. The third kappa shape index (κ3) is 5.98. The number of thiophene rings is 1. The van der Waals surface area contributed by atoms with Crippen molar-refractivity contribution in [2.75, 3.05) is 23.0 Å². The van der Waals surface area contributed by atoms with E-state index >= 15 is 0 Å². The molecule has 0 aliphatic rings. The molecule has 4 rings (SSSR count). The lowest BCUT2D eigenvalue weighted by Crippen LogP contribution is -2.36. The number of para-hydroxylation sites is 2. The first kappa shape index (κ1) is 25.9. The zero-order chi connectivity index (χ0) is 26.4. The first-order chi connectivity index (χ1) is 17.9. The second-order valence-corrected chi connectivity index (χ2v) is 9.58. The van der Waals surface area contributed by atoms with E-state index in [0.717, 1.165) is 23.1 Å². The van der Waals surface area contributed by atoms with Crippen molar-refractivity contribution in [1.82, 2.24) is 5.27 Å². The van der Waals surface area contributed by atoms with Gasteiger partial charge in [0.25, 0.3) is 5.91 Å². The molecule has 2 aromatic heterocycles. The van der Waals surface area contributed by atoms with E-state index < -0.39 is 23.4 Å². The van der Waals surface area contributed by atoms with Crippen molar-refractivity contribution in [1.29, 1.82) is 0 Å². The first-order valence-corrected chi connectivity index (χ1v) is 13.0. The van der Waals surface area contributed by atoms with Crippen LogP contribution in [0.2, 0.25) is 0 Å². The van der Waals surface area contributed by atoms with Gasteiger partial charge in [-0.05, 0) is 53.3 Å². The van der Waals surface area contributed by atoms with Crippen molar-refractivity contribution in [3.8, 4) is 5.69 Å². The van der Waals surface area contributed by atoms with Crippen LogP contribution in [0.4, 0.5) is 10.7 Å². The molecule has 0 aliphatic heterocycles. The van der Waals surface area contributed by atoms with Gasteiger partial charge in [-0.1, -0.05) is 36.4 Å². The normalized spacial score (nSPS) is 10.6. The summed E-state index contributed by atoms with van der Waals surface area (Å²) in [6.07, 6.45) is 0. The summed E-state index contributed by atoms with van der Waals surface area (Å²) in [5.41, 5.74) is 1.14. The Morgan fingerprint density at radius 2 is 1.73 bits per heavy atom. The van der Waals surface area contributed by atoms with Gasteiger partial charge >= 0.3 is 16.6 Å². The predicted molar refractivity (Wildman–Crippen MR) is 140 cm³/mol. The van der Waals surface area contributed by atoms with Crippen molar-refractivity contribution in [2.24, 2.45) is 0 Å². The highest BCUT2D eigenvalue weighted by atomic mass is 32.2. The molecule has 0 spiro atoms. The molecular weight excluding hydrogens is 516 g/mol. The number of carbonyl (C=O) groups is 3. The predicted octanol–water partition coefficient (Wildman–Crippen LogP) is 3.77. The molecule has 3 N–H and O–H groups in total. The molecule has 0 radical (unpaired) electrons. The van der Waals surface area contributed by atoms with Crippen molar-refractivity contribution in [2.45, 2.75) is 18.9 Å². The summed E-state index contributed by atoms with van der Waals surface area (Å²) in [5.74, 6) is -1.69. The molecule has 2 amide bonds.